The van der Waals surface area contributed by atoms with E-state index in [0.717, 1.165) is 17.9 Å². The predicted molar refractivity (Wildman–Crippen MR) is 75.1 cm³/mol. The molecule has 0 saturated heterocycles. The average Bonchev–Trinajstić information content (AvgIpc) is 2.35. The van der Waals surface area contributed by atoms with Crippen molar-refractivity contribution in [1.29, 1.82) is 0 Å². The molecule has 0 aliphatic heterocycles. The minimum atomic E-state index is 0.781. The monoisotopic (exact) mass is 235 g/mol. The van der Waals surface area contributed by atoms with Gasteiger partial charge < -0.3 is 5.32 Å². The summed E-state index contributed by atoms with van der Waals surface area (Å²) in [4.78, 5) is 0. The first-order chi connectivity index (χ1) is 8.25. The summed E-state index contributed by atoms with van der Waals surface area (Å²) in [6.45, 7) is 6.03. The summed E-state index contributed by atoms with van der Waals surface area (Å²) in [6, 6.07) is 0.781. The Bertz CT molecular complexity index is 256. The van der Waals surface area contributed by atoms with E-state index in [4.69, 9.17) is 0 Å². The molecule has 1 heteroatoms. The van der Waals surface area contributed by atoms with Crippen LogP contribution in [-0.2, 0) is 0 Å². The fraction of sp³-hybridized carbons (Fsp3) is 0.875. The highest BCUT2D eigenvalue weighted by molar-refractivity contribution is 5.05. The van der Waals surface area contributed by atoms with Crippen molar-refractivity contribution in [2.24, 2.45) is 11.8 Å². The van der Waals surface area contributed by atoms with E-state index in [2.05, 4.69) is 25.2 Å². The third-order valence-electron chi connectivity index (χ3n) is 4.70. The summed E-state index contributed by atoms with van der Waals surface area (Å²) in [5.41, 5.74) is 1.71. The Hall–Kier alpha value is -0.300. The maximum absolute atomic E-state index is 3.81. The average molecular weight is 235 g/mol. The molecule has 1 fully saturated rings. The Balaban J connectivity index is 1.68. The highest BCUT2D eigenvalue weighted by Gasteiger charge is 2.24. The Morgan fingerprint density at radius 2 is 2.12 bits per heavy atom. The van der Waals surface area contributed by atoms with Crippen molar-refractivity contribution < 1.29 is 0 Å². The molecule has 0 heterocycles. The Morgan fingerprint density at radius 3 is 2.88 bits per heavy atom. The van der Waals surface area contributed by atoms with E-state index in [1.807, 2.05) is 0 Å². The van der Waals surface area contributed by atoms with Gasteiger partial charge in [-0.15, -0.1) is 0 Å². The van der Waals surface area contributed by atoms with Gasteiger partial charge in [-0.25, -0.2) is 0 Å². The molecule has 0 amide bonds. The van der Waals surface area contributed by atoms with Crippen molar-refractivity contribution in [1.82, 2.24) is 5.32 Å². The lowest BCUT2D eigenvalue weighted by atomic mass is 9.80. The minimum absolute atomic E-state index is 0.781. The zero-order chi connectivity index (χ0) is 12.1. The fourth-order valence-electron chi connectivity index (χ4n) is 3.37. The Morgan fingerprint density at radius 1 is 1.24 bits per heavy atom. The van der Waals surface area contributed by atoms with Crippen LogP contribution in [-0.4, -0.2) is 12.6 Å². The zero-order valence-electron chi connectivity index (χ0n) is 11.7. The van der Waals surface area contributed by atoms with Crippen LogP contribution in [0.1, 0.15) is 65.2 Å². The van der Waals surface area contributed by atoms with Crippen LogP contribution in [0.25, 0.3) is 0 Å². The van der Waals surface area contributed by atoms with Crippen LogP contribution < -0.4 is 5.32 Å². The van der Waals surface area contributed by atoms with Gasteiger partial charge in [0.25, 0.3) is 0 Å². The van der Waals surface area contributed by atoms with Gasteiger partial charge in [0, 0.05) is 6.04 Å². The number of hydrogen-bond acceptors (Lipinski definition) is 1. The molecule has 0 bridgehead atoms. The van der Waals surface area contributed by atoms with E-state index in [1.165, 1.54) is 57.9 Å². The summed E-state index contributed by atoms with van der Waals surface area (Å²) in [7, 11) is 0. The molecule has 0 aromatic carbocycles. The smallest absolute Gasteiger partial charge is 0.00953 e. The third-order valence-corrected chi connectivity index (χ3v) is 4.70. The minimum Gasteiger partial charge on any atom is -0.313 e. The summed E-state index contributed by atoms with van der Waals surface area (Å²) >= 11 is 0. The van der Waals surface area contributed by atoms with Crippen LogP contribution in [0, 0.1) is 11.8 Å². The molecule has 2 aliphatic rings. The van der Waals surface area contributed by atoms with Crippen molar-refractivity contribution >= 4 is 0 Å². The summed E-state index contributed by atoms with van der Waals surface area (Å²) in [6.07, 6.45) is 13.5. The Labute approximate surface area is 107 Å². The van der Waals surface area contributed by atoms with Gasteiger partial charge in [-0.1, -0.05) is 31.9 Å². The number of rotatable bonds is 4. The second-order valence-corrected chi connectivity index (χ2v) is 6.31. The molecule has 2 rings (SSSR count). The predicted octanol–water partition coefficient (Wildman–Crippen LogP) is 4.29. The van der Waals surface area contributed by atoms with E-state index < -0.39 is 0 Å². The zero-order valence-corrected chi connectivity index (χ0v) is 11.7. The molecular weight excluding hydrogens is 206 g/mol. The molecule has 1 saturated carbocycles. The first kappa shape index (κ1) is 13.1. The second-order valence-electron chi connectivity index (χ2n) is 6.31. The molecule has 0 spiro atoms. The fourth-order valence-corrected chi connectivity index (χ4v) is 3.37. The van der Waals surface area contributed by atoms with Crippen LogP contribution in [0.2, 0.25) is 0 Å². The molecule has 0 aromatic heterocycles. The summed E-state index contributed by atoms with van der Waals surface area (Å²) in [5, 5.41) is 3.81. The van der Waals surface area contributed by atoms with E-state index in [0.29, 0.717) is 0 Å². The molecule has 17 heavy (non-hydrogen) atoms. The topological polar surface area (TPSA) is 12.0 Å². The van der Waals surface area contributed by atoms with Crippen LogP contribution in [0.5, 0.6) is 0 Å². The molecule has 0 aromatic rings. The number of nitrogens with one attached hydrogen (secondary N) is 1. The van der Waals surface area contributed by atoms with Gasteiger partial charge in [-0.05, 0) is 63.3 Å². The van der Waals surface area contributed by atoms with Gasteiger partial charge in [0.05, 0.1) is 0 Å². The SMILES string of the molecule is CC1CCC(C)C(NCCC2=CCCCC2)C1. The van der Waals surface area contributed by atoms with E-state index >= 15 is 0 Å². The standard InChI is InChI=1S/C16H29N/c1-13-8-9-14(2)16(12-13)17-11-10-15-6-4-3-5-7-15/h6,13-14,16-17H,3-5,7-12H2,1-2H3. The quantitative estimate of drug-likeness (QED) is 0.717. The largest absolute Gasteiger partial charge is 0.313 e. The Kier molecular flexibility index (Phi) is 5.09. The highest BCUT2D eigenvalue weighted by Crippen LogP contribution is 2.28. The van der Waals surface area contributed by atoms with Crippen LogP contribution >= 0.6 is 0 Å². The van der Waals surface area contributed by atoms with Crippen molar-refractivity contribution in [2.45, 2.75) is 71.3 Å². The summed E-state index contributed by atoms with van der Waals surface area (Å²) in [5.74, 6) is 1.81. The number of hydrogen-bond donors (Lipinski definition) is 1. The lowest BCUT2D eigenvalue weighted by molar-refractivity contribution is 0.229. The van der Waals surface area contributed by atoms with E-state index in [1.54, 1.807) is 5.57 Å². The second kappa shape index (κ2) is 6.58. The van der Waals surface area contributed by atoms with Crippen LogP contribution in [0.3, 0.4) is 0 Å². The first-order valence-electron chi connectivity index (χ1n) is 7.67. The van der Waals surface area contributed by atoms with Crippen molar-refractivity contribution in [2.75, 3.05) is 6.54 Å². The molecule has 2 aliphatic carbocycles. The van der Waals surface area contributed by atoms with Crippen LogP contribution in [0.4, 0.5) is 0 Å². The first-order valence-corrected chi connectivity index (χ1v) is 7.67. The molecule has 1 nitrogen and oxygen atoms in total. The van der Waals surface area contributed by atoms with Gasteiger partial charge in [0.15, 0.2) is 0 Å². The van der Waals surface area contributed by atoms with Gasteiger partial charge in [0.1, 0.15) is 0 Å². The van der Waals surface area contributed by atoms with Gasteiger partial charge in [0.2, 0.25) is 0 Å². The van der Waals surface area contributed by atoms with Gasteiger partial charge in [-0.3, -0.25) is 0 Å². The maximum Gasteiger partial charge on any atom is 0.00953 e. The lowest BCUT2D eigenvalue weighted by Gasteiger charge is -2.33. The van der Waals surface area contributed by atoms with E-state index in [9.17, 15) is 0 Å². The van der Waals surface area contributed by atoms with Crippen LogP contribution in [0.15, 0.2) is 11.6 Å². The highest BCUT2D eigenvalue weighted by atomic mass is 14.9. The van der Waals surface area contributed by atoms with Crippen molar-refractivity contribution in [3.8, 4) is 0 Å². The maximum atomic E-state index is 3.81. The molecule has 0 radical (unpaired) electrons. The molecule has 3 atom stereocenters. The molecule has 1 N–H and O–H groups in total. The lowest BCUT2D eigenvalue weighted by Crippen LogP contribution is -2.40. The van der Waals surface area contributed by atoms with Crippen molar-refractivity contribution in [3.05, 3.63) is 11.6 Å². The molecule has 98 valence electrons. The molecular formula is C16H29N. The van der Waals surface area contributed by atoms with Crippen molar-refractivity contribution in [3.63, 3.8) is 0 Å². The third kappa shape index (κ3) is 4.13. The number of allylic oxidation sites excluding steroid dienone is 1. The normalized spacial score (nSPS) is 34.5. The van der Waals surface area contributed by atoms with Gasteiger partial charge in [-0.2, -0.15) is 0 Å². The van der Waals surface area contributed by atoms with E-state index in [-0.39, 0.29) is 0 Å². The van der Waals surface area contributed by atoms with Gasteiger partial charge >= 0.3 is 0 Å². The summed E-state index contributed by atoms with van der Waals surface area (Å²) < 4.78 is 0. The molecule has 3 unspecified atom stereocenters.